The number of amides is 1. The minimum Gasteiger partial charge on any atom is -0.454 e. The van der Waals surface area contributed by atoms with Crippen molar-refractivity contribution in [1.29, 1.82) is 0 Å². The lowest BCUT2D eigenvalue weighted by molar-refractivity contribution is -0.145. The Balaban J connectivity index is 1.10. The van der Waals surface area contributed by atoms with Crippen molar-refractivity contribution in [3.63, 3.8) is 0 Å². The number of halogens is 2. The number of aromatic nitrogens is 2. The third kappa shape index (κ3) is 5.63. The molecule has 0 unspecified atom stereocenters. The van der Waals surface area contributed by atoms with Crippen molar-refractivity contribution in [2.24, 2.45) is 5.92 Å². The number of fused-ring (bicyclic) bond motifs is 1. The summed E-state index contributed by atoms with van der Waals surface area (Å²) in [7, 11) is 0. The molecule has 1 aliphatic carbocycles. The zero-order chi connectivity index (χ0) is 29.5. The molecule has 3 N–H and O–H groups in total. The second-order valence-corrected chi connectivity index (χ2v) is 11.3. The van der Waals surface area contributed by atoms with Gasteiger partial charge in [0.25, 0.3) is 5.56 Å². The fourth-order valence-corrected chi connectivity index (χ4v) is 6.07. The fraction of sp³-hybridized carbons (Fsp3) is 0.433. The van der Waals surface area contributed by atoms with Gasteiger partial charge >= 0.3 is 0 Å². The number of carbonyl (C=O) groups excluding carboxylic acids is 1. The third-order valence-electron chi connectivity index (χ3n) is 8.44. The molecule has 12 heteroatoms. The molecule has 3 heterocycles. The number of rotatable bonds is 6. The molecule has 3 aromatic rings. The summed E-state index contributed by atoms with van der Waals surface area (Å²) in [6.07, 6.45) is 1.10. The number of hydrogen-bond donors (Lipinski definition) is 2. The minimum absolute atomic E-state index is 0.0718. The minimum atomic E-state index is -2.81. The van der Waals surface area contributed by atoms with Crippen LogP contribution in [0.4, 0.5) is 14.5 Å². The first-order valence-electron chi connectivity index (χ1n) is 14.0. The van der Waals surface area contributed by atoms with Crippen LogP contribution in [0.2, 0.25) is 0 Å². The summed E-state index contributed by atoms with van der Waals surface area (Å²) in [6.45, 7) is 0.523. The predicted molar refractivity (Wildman–Crippen MR) is 148 cm³/mol. The van der Waals surface area contributed by atoms with E-state index in [-0.39, 0.29) is 76.0 Å². The van der Waals surface area contributed by atoms with E-state index in [2.05, 4.69) is 4.98 Å². The first kappa shape index (κ1) is 28.0. The van der Waals surface area contributed by atoms with E-state index in [1.54, 1.807) is 47.4 Å². The highest BCUT2D eigenvalue weighted by atomic mass is 19.3. The third-order valence-corrected chi connectivity index (χ3v) is 8.44. The van der Waals surface area contributed by atoms with Crippen LogP contribution in [0.15, 0.2) is 59.7 Å². The second kappa shape index (κ2) is 10.9. The van der Waals surface area contributed by atoms with Gasteiger partial charge in [0.15, 0.2) is 17.2 Å². The summed E-state index contributed by atoms with van der Waals surface area (Å²) in [4.78, 5) is 32.4. The number of nitrogens with two attached hydrogens (primary N) is 1. The van der Waals surface area contributed by atoms with Crippen molar-refractivity contribution in [2.75, 3.05) is 25.6 Å². The normalized spacial score (nSPS) is 22.5. The van der Waals surface area contributed by atoms with E-state index in [1.165, 1.54) is 10.9 Å². The number of benzene rings is 2. The van der Waals surface area contributed by atoms with E-state index in [0.717, 1.165) is 5.56 Å². The molecule has 1 saturated heterocycles. The number of ether oxygens (including phenoxy) is 3. The maximum atomic E-state index is 14.4. The van der Waals surface area contributed by atoms with Crippen LogP contribution in [-0.4, -0.2) is 56.9 Å². The number of anilines is 1. The molecule has 10 nitrogen and oxygen atoms in total. The van der Waals surface area contributed by atoms with Gasteiger partial charge in [-0.25, -0.2) is 13.8 Å². The van der Waals surface area contributed by atoms with Gasteiger partial charge in [-0.2, -0.15) is 0 Å². The lowest BCUT2D eigenvalue weighted by atomic mass is 9.73. The summed E-state index contributed by atoms with van der Waals surface area (Å²) < 4.78 is 46.2. The highest BCUT2D eigenvalue weighted by molar-refractivity contribution is 5.80. The Morgan fingerprint density at radius 2 is 1.83 bits per heavy atom. The summed E-state index contributed by atoms with van der Waals surface area (Å²) in [5.41, 5.74) is 4.72. The number of likely N-dealkylation sites (tertiary alicyclic amines) is 1. The number of aliphatic hydroxyl groups is 1. The molecule has 2 atom stereocenters. The van der Waals surface area contributed by atoms with Crippen LogP contribution < -0.4 is 25.5 Å². The van der Waals surface area contributed by atoms with Crippen molar-refractivity contribution in [2.45, 2.75) is 56.1 Å². The number of hydrogen-bond acceptors (Lipinski definition) is 8. The molecule has 42 heavy (non-hydrogen) atoms. The summed E-state index contributed by atoms with van der Waals surface area (Å²) in [6, 6.07) is 13.9. The van der Waals surface area contributed by atoms with Gasteiger partial charge in [0, 0.05) is 43.8 Å². The first-order chi connectivity index (χ1) is 20.1. The van der Waals surface area contributed by atoms with Crippen LogP contribution in [-0.2, 0) is 11.3 Å². The number of nitrogen functional groups attached to an aromatic ring is 1. The average Bonchev–Trinajstić information content (AvgIpc) is 3.45. The lowest BCUT2D eigenvalue weighted by Crippen LogP contribution is -2.52. The molecule has 222 valence electrons. The molecule has 0 bridgehead atoms. The van der Waals surface area contributed by atoms with Gasteiger partial charge in [0.1, 0.15) is 12.1 Å². The molecular weight excluding hydrogens is 550 g/mol. The average molecular weight is 583 g/mol. The molecule has 0 spiro atoms. The standard InChI is InChI=1S/C30H32F2N4O6/c31-30(32)9-8-21(22(15-30)19-4-2-1-3-5-19)27(37)35-12-10-29(39,11-13-35)16-36-17-34-26(25(33)28(36)38)42-20-6-7-23-24(14-20)41-18-40-23/h1-7,14,17,21-22,39H,8-13,15-16,18,33H2/t21-,22+/m1/s1. The largest absolute Gasteiger partial charge is 0.454 e. The molecule has 6 rings (SSSR count). The van der Waals surface area contributed by atoms with Gasteiger partial charge in [-0.05, 0) is 37.0 Å². The van der Waals surface area contributed by atoms with E-state index in [0.29, 0.717) is 17.2 Å². The molecule has 2 aliphatic heterocycles. The van der Waals surface area contributed by atoms with Crippen molar-refractivity contribution >= 4 is 11.6 Å². The molecule has 3 aliphatic rings. The van der Waals surface area contributed by atoms with E-state index in [9.17, 15) is 23.5 Å². The van der Waals surface area contributed by atoms with E-state index >= 15 is 0 Å². The molecule has 0 radical (unpaired) electrons. The zero-order valence-corrected chi connectivity index (χ0v) is 22.9. The van der Waals surface area contributed by atoms with Crippen molar-refractivity contribution < 1.29 is 32.9 Å². The van der Waals surface area contributed by atoms with E-state index in [4.69, 9.17) is 19.9 Å². The van der Waals surface area contributed by atoms with Crippen LogP contribution in [0.1, 0.15) is 43.6 Å². The molecule has 1 amide bonds. The van der Waals surface area contributed by atoms with Crippen LogP contribution in [0, 0.1) is 5.92 Å². The van der Waals surface area contributed by atoms with Gasteiger partial charge in [0.05, 0.1) is 12.1 Å². The molecule has 1 saturated carbocycles. The first-order valence-corrected chi connectivity index (χ1v) is 14.0. The topological polar surface area (TPSA) is 129 Å². The summed E-state index contributed by atoms with van der Waals surface area (Å²) in [5, 5.41) is 11.3. The van der Waals surface area contributed by atoms with Gasteiger partial charge in [-0.1, -0.05) is 30.3 Å². The SMILES string of the molecule is Nc1c(Oc2ccc3c(c2)OCO3)ncn(CC2(O)CCN(C(=O)[C@@H]3CCC(F)(F)C[C@H]3c3ccccc3)CC2)c1=O. The number of nitrogens with zero attached hydrogens (tertiary/aromatic N) is 3. The van der Waals surface area contributed by atoms with Gasteiger partial charge in [-0.15, -0.1) is 0 Å². The Hall–Kier alpha value is -4.19. The smallest absolute Gasteiger partial charge is 0.280 e. The summed E-state index contributed by atoms with van der Waals surface area (Å²) >= 11 is 0. The van der Waals surface area contributed by atoms with Crippen molar-refractivity contribution in [1.82, 2.24) is 14.5 Å². The molecule has 1 aromatic heterocycles. The van der Waals surface area contributed by atoms with Crippen molar-refractivity contribution in [3.05, 3.63) is 70.8 Å². The Morgan fingerprint density at radius 1 is 1.10 bits per heavy atom. The van der Waals surface area contributed by atoms with Crippen LogP contribution in [0.5, 0.6) is 23.1 Å². The maximum absolute atomic E-state index is 14.4. The zero-order valence-electron chi connectivity index (χ0n) is 22.9. The summed E-state index contributed by atoms with van der Waals surface area (Å²) in [5.74, 6) is -2.74. The highest BCUT2D eigenvalue weighted by Gasteiger charge is 2.46. The number of piperidine rings is 1. The monoisotopic (exact) mass is 582 g/mol. The van der Waals surface area contributed by atoms with Gasteiger partial charge < -0.3 is 30.0 Å². The van der Waals surface area contributed by atoms with Gasteiger partial charge in [0.2, 0.25) is 24.5 Å². The Labute approximate surface area is 240 Å². The molecule has 2 fully saturated rings. The lowest BCUT2D eigenvalue weighted by Gasteiger charge is -2.42. The van der Waals surface area contributed by atoms with Crippen LogP contribution >= 0.6 is 0 Å². The van der Waals surface area contributed by atoms with Gasteiger partial charge in [-0.3, -0.25) is 14.2 Å². The molecule has 2 aromatic carbocycles. The van der Waals surface area contributed by atoms with Crippen molar-refractivity contribution in [3.8, 4) is 23.1 Å². The van der Waals surface area contributed by atoms with E-state index < -0.39 is 28.9 Å². The number of carbonyl (C=O) groups is 1. The second-order valence-electron chi connectivity index (χ2n) is 11.3. The van der Waals surface area contributed by atoms with Crippen LogP contribution in [0.25, 0.3) is 0 Å². The Morgan fingerprint density at radius 3 is 2.60 bits per heavy atom. The van der Waals surface area contributed by atoms with Crippen LogP contribution in [0.3, 0.4) is 0 Å². The highest BCUT2D eigenvalue weighted by Crippen LogP contribution is 2.46. The Bertz CT molecular complexity index is 1520. The predicted octanol–water partition coefficient (Wildman–Crippen LogP) is 3.92. The molecular formula is C30H32F2N4O6. The Kier molecular flexibility index (Phi) is 7.25. The quantitative estimate of drug-likeness (QED) is 0.448. The maximum Gasteiger partial charge on any atom is 0.280 e. The van der Waals surface area contributed by atoms with E-state index in [1.807, 2.05) is 6.07 Å². The fourth-order valence-electron chi connectivity index (χ4n) is 6.07. The number of alkyl halides is 2.